The molecule has 0 radical (unpaired) electrons. The summed E-state index contributed by atoms with van der Waals surface area (Å²) in [5.41, 5.74) is 1.56. The van der Waals surface area contributed by atoms with Crippen LogP contribution in [0.15, 0.2) is 11.1 Å². The zero-order chi connectivity index (χ0) is 11.8. The van der Waals surface area contributed by atoms with Crippen molar-refractivity contribution in [3.05, 3.63) is 11.1 Å². The minimum Gasteiger partial charge on any atom is -0.314 e. The van der Waals surface area contributed by atoms with E-state index in [4.69, 9.17) is 0 Å². The molecule has 3 rings (SSSR count). The smallest absolute Gasteiger partial charge is 0.271 e. The Labute approximate surface area is 100 Å². The molecule has 92 valence electrons. The lowest BCUT2D eigenvalue weighted by Gasteiger charge is -2.33. The van der Waals surface area contributed by atoms with Gasteiger partial charge >= 0.3 is 0 Å². The van der Waals surface area contributed by atoms with Gasteiger partial charge in [0.2, 0.25) is 0 Å². The number of piperazine rings is 1. The average Bonchev–Trinajstić information content (AvgIpc) is 2.64. The maximum atomic E-state index is 12.2. The Morgan fingerprint density at radius 1 is 0.882 bits per heavy atom. The first-order chi connectivity index (χ1) is 8.29. The molecule has 2 aliphatic heterocycles. The van der Waals surface area contributed by atoms with E-state index in [9.17, 15) is 9.59 Å². The fraction of sp³-hybridized carbons (Fsp3) is 0.667. The van der Waals surface area contributed by atoms with E-state index < -0.39 is 0 Å². The topological polar surface area (TPSA) is 52.7 Å². The molecule has 0 bridgehead atoms. The molecule has 2 heterocycles. The number of rotatable bonds is 1. The predicted octanol–water partition coefficient (Wildman–Crippen LogP) is 0.0460. The number of imide groups is 1. The second kappa shape index (κ2) is 4.23. The van der Waals surface area contributed by atoms with Crippen molar-refractivity contribution >= 4 is 11.8 Å². The van der Waals surface area contributed by atoms with E-state index in [2.05, 4.69) is 5.32 Å². The van der Waals surface area contributed by atoms with Gasteiger partial charge in [-0.2, -0.15) is 0 Å². The molecule has 0 spiro atoms. The molecule has 0 aromatic heterocycles. The fourth-order valence-electron chi connectivity index (χ4n) is 2.84. The summed E-state index contributed by atoms with van der Waals surface area (Å²) in [4.78, 5) is 24.5. The van der Waals surface area contributed by atoms with E-state index in [0.717, 1.165) is 63.0 Å². The second-order valence-electron chi connectivity index (χ2n) is 4.79. The van der Waals surface area contributed by atoms with Crippen molar-refractivity contribution in [2.24, 2.45) is 0 Å². The van der Waals surface area contributed by atoms with Crippen LogP contribution in [0.5, 0.6) is 0 Å². The van der Waals surface area contributed by atoms with Crippen LogP contribution in [0.2, 0.25) is 0 Å². The van der Waals surface area contributed by atoms with Crippen LogP contribution < -0.4 is 5.32 Å². The van der Waals surface area contributed by atoms with Crippen molar-refractivity contribution in [3.63, 3.8) is 0 Å². The van der Waals surface area contributed by atoms with Crippen molar-refractivity contribution in [1.82, 2.24) is 15.3 Å². The summed E-state index contributed by atoms with van der Waals surface area (Å²) in [5, 5.41) is 6.50. The van der Waals surface area contributed by atoms with Gasteiger partial charge in [0.15, 0.2) is 0 Å². The van der Waals surface area contributed by atoms with Gasteiger partial charge in [0.05, 0.1) is 0 Å². The number of amides is 2. The molecule has 5 nitrogen and oxygen atoms in total. The fourth-order valence-corrected chi connectivity index (χ4v) is 2.84. The first kappa shape index (κ1) is 10.9. The van der Waals surface area contributed by atoms with Gasteiger partial charge in [-0.1, -0.05) is 0 Å². The first-order valence-corrected chi connectivity index (χ1v) is 6.35. The Kier molecular flexibility index (Phi) is 2.72. The molecular formula is C12H17N3O2. The van der Waals surface area contributed by atoms with Gasteiger partial charge in [0.25, 0.3) is 11.8 Å². The number of hydrazine groups is 1. The Morgan fingerprint density at radius 3 is 1.94 bits per heavy atom. The van der Waals surface area contributed by atoms with Crippen molar-refractivity contribution in [2.45, 2.75) is 25.7 Å². The maximum absolute atomic E-state index is 12.2. The SMILES string of the molecule is O=C1C2=C(CCCC2)C(=O)N1N1CCNCC1. The summed E-state index contributed by atoms with van der Waals surface area (Å²) in [7, 11) is 0. The lowest BCUT2D eigenvalue weighted by Crippen LogP contribution is -2.55. The molecule has 0 atom stereocenters. The summed E-state index contributed by atoms with van der Waals surface area (Å²) in [6.07, 6.45) is 3.63. The van der Waals surface area contributed by atoms with Gasteiger partial charge in [-0.25, -0.2) is 10.0 Å². The summed E-state index contributed by atoms with van der Waals surface area (Å²) < 4.78 is 0. The number of carbonyl (C=O) groups excluding carboxylic acids is 2. The lowest BCUT2D eigenvalue weighted by atomic mass is 9.93. The summed E-state index contributed by atoms with van der Waals surface area (Å²) in [6.45, 7) is 3.14. The van der Waals surface area contributed by atoms with Crippen LogP contribution in [-0.2, 0) is 9.59 Å². The van der Waals surface area contributed by atoms with Crippen molar-refractivity contribution < 1.29 is 9.59 Å². The number of hydrogen-bond donors (Lipinski definition) is 1. The molecule has 0 saturated carbocycles. The minimum atomic E-state index is -0.0633. The zero-order valence-electron chi connectivity index (χ0n) is 9.87. The molecule has 1 aliphatic carbocycles. The van der Waals surface area contributed by atoms with Crippen LogP contribution >= 0.6 is 0 Å². The molecular weight excluding hydrogens is 218 g/mol. The summed E-state index contributed by atoms with van der Waals surface area (Å²) in [6, 6.07) is 0. The third-order valence-corrected chi connectivity index (χ3v) is 3.75. The van der Waals surface area contributed by atoms with Crippen molar-refractivity contribution in [1.29, 1.82) is 0 Å². The van der Waals surface area contributed by atoms with Crippen LogP contribution in [0.25, 0.3) is 0 Å². The number of carbonyl (C=O) groups is 2. The standard InChI is InChI=1S/C12H17N3O2/c16-11-9-3-1-2-4-10(9)12(17)15(11)14-7-5-13-6-8-14/h13H,1-8H2. The Bertz CT molecular complexity index is 369. The van der Waals surface area contributed by atoms with E-state index in [1.165, 1.54) is 5.01 Å². The first-order valence-electron chi connectivity index (χ1n) is 6.35. The number of nitrogens with zero attached hydrogens (tertiary/aromatic N) is 2. The van der Waals surface area contributed by atoms with Gasteiger partial charge < -0.3 is 5.32 Å². The molecule has 17 heavy (non-hydrogen) atoms. The maximum Gasteiger partial charge on any atom is 0.271 e. The molecule has 2 amide bonds. The molecule has 0 aromatic rings. The summed E-state index contributed by atoms with van der Waals surface area (Å²) in [5.74, 6) is -0.127. The van der Waals surface area contributed by atoms with E-state index in [1.54, 1.807) is 0 Å². The number of hydrogen-bond acceptors (Lipinski definition) is 4. The molecule has 0 unspecified atom stereocenters. The second-order valence-corrected chi connectivity index (χ2v) is 4.79. The molecule has 5 heteroatoms. The van der Waals surface area contributed by atoms with E-state index in [1.807, 2.05) is 5.01 Å². The largest absolute Gasteiger partial charge is 0.314 e. The normalized spacial score (nSPS) is 26.7. The van der Waals surface area contributed by atoms with Gasteiger partial charge in [-0.15, -0.1) is 0 Å². The zero-order valence-corrected chi connectivity index (χ0v) is 9.87. The van der Waals surface area contributed by atoms with Crippen molar-refractivity contribution in [2.75, 3.05) is 26.2 Å². The minimum absolute atomic E-state index is 0.0633. The third kappa shape index (κ3) is 1.70. The molecule has 1 saturated heterocycles. The molecule has 1 fully saturated rings. The van der Waals surface area contributed by atoms with Crippen LogP contribution in [0.3, 0.4) is 0 Å². The Morgan fingerprint density at radius 2 is 1.41 bits per heavy atom. The highest BCUT2D eigenvalue weighted by Gasteiger charge is 2.41. The number of nitrogens with one attached hydrogen (secondary N) is 1. The van der Waals surface area contributed by atoms with Gasteiger partial charge in [0.1, 0.15) is 0 Å². The van der Waals surface area contributed by atoms with E-state index in [-0.39, 0.29) is 11.8 Å². The van der Waals surface area contributed by atoms with Crippen LogP contribution in [0.4, 0.5) is 0 Å². The molecule has 1 N–H and O–H groups in total. The van der Waals surface area contributed by atoms with E-state index in [0.29, 0.717) is 0 Å². The third-order valence-electron chi connectivity index (χ3n) is 3.75. The Balaban J connectivity index is 1.84. The monoisotopic (exact) mass is 235 g/mol. The molecule has 3 aliphatic rings. The van der Waals surface area contributed by atoms with Crippen LogP contribution in [-0.4, -0.2) is 48.0 Å². The van der Waals surface area contributed by atoms with Gasteiger partial charge in [-0.05, 0) is 25.7 Å². The molecule has 0 aromatic carbocycles. The quantitative estimate of drug-likeness (QED) is 0.652. The van der Waals surface area contributed by atoms with E-state index >= 15 is 0 Å². The van der Waals surface area contributed by atoms with Gasteiger partial charge in [0, 0.05) is 37.3 Å². The Hall–Kier alpha value is -1.20. The van der Waals surface area contributed by atoms with Gasteiger partial charge in [-0.3, -0.25) is 9.59 Å². The van der Waals surface area contributed by atoms with Crippen LogP contribution in [0.1, 0.15) is 25.7 Å². The highest BCUT2D eigenvalue weighted by Crippen LogP contribution is 2.33. The van der Waals surface area contributed by atoms with Crippen LogP contribution in [0, 0.1) is 0 Å². The predicted molar refractivity (Wildman–Crippen MR) is 61.8 cm³/mol. The highest BCUT2D eigenvalue weighted by atomic mass is 16.2. The summed E-state index contributed by atoms with van der Waals surface area (Å²) >= 11 is 0. The van der Waals surface area contributed by atoms with Crippen molar-refractivity contribution in [3.8, 4) is 0 Å². The lowest BCUT2D eigenvalue weighted by molar-refractivity contribution is -0.157. The average molecular weight is 235 g/mol. The highest BCUT2D eigenvalue weighted by molar-refractivity contribution is 6.19.